The third-order valence-corrected chi connectivity index (χ3v) is 17.6. The molecule has 0 aliphatic heterocycles. The van der Waals surface area contributed by atoms with E-state index in [2.05, 4.69) is 98.9 Å². The zero-order valence-corrected chi connectivity index (χ0v) is 61.9. The van der Waals surface area contributed by atoms with Gasteiger partial charge in [0.15, 0.2) is 12.4 Å². The molecule has 9 nitrogen and oxygen atoms in total. The van der Waals surface area contributed by atoms with Crippen LogP contribution in [0, 0.1) is 0 Å². The summed E-state index contributed by atoms with van der Waals surface area (Å²) in [4.78, 5) is 37.6. The highest BCUT2D eigenvalue weighted by Gasteiger charge is 2.22. The molecule has 0 spiro atoms. The van der Waals surface area contributed by atoms with Crippen molar-refractivity contribution in [2.24, 2.45) is 0 Å². The molecule has 0 heterocycles. The molecule has 9 heteroatoms. The number of carboxylic acid groups (broad SMARTS) is 1. The van der Waals surface area contributed by atoms with Crippen molar-refractivity contribution in [2.75, 3.05) is 47.5 Å². The zero-order valence-electron chi connectivity index (χ0n) is 61.9. The summed E-state index contributed by atoms with van der Waals surface area (Å²) in [6.07, 6.45) is 98.5. The van der Waals surface area contributed by atoms with Crippen LogP contribution in [0.3, 0.4) is 0 Å². The van der Waals surface area contributed by atoms with E-state index < -0.39 is 24.3 Å². The van der Waals surface area contributed by atoms with Crippen LogP contribution in [-0.2, 0) is 33.3 Å². The topological polar surface area (TPSA) is 111 Å². The van der Waals surface area contributed by atoms with Crippen LogP contribution in [0.5, 0.6) is 0 Å². The molecule has 0 aromatic carbocycles. The second-order valence-electron chi connectivity index (χ2n) is 28.0. The summed E-state index contributed by atoms with van der Waals surface area (Å²) < 4.78 is 22.9. The van der Waals surface area contributed by atoms with E-state index in [4.69, 9.17) is 18.9 Å². The maximum atomic E-state index is 13.0. The van der Waals surface area contributed by atoms with Gasteiger partial charge in [-0.05, 0) is 89.9 Å². The fourth-order valence-electron chi connectivity index (χ4n) is 11.6. The number of aliphatic carboxylic acids is 1. The third-order valence-electron chi connectivity index (χ3n) is 17.6. The van der Waals surface area contributed by atoms with Crippen molar-refractivity contribution >= 4 is 17.9 Å². The highest BCUT2D eigenvalue weighted by molar-refractivity contribution is 5.70. The van der Waals surface area contributed by atoms with Gasteiger partial charge in [-0.2, -0.15) is 0 Å². The molecular formula is C84H151NO8. The summed E-state index contributed by atoms with van der Waals surface area (Å²) in [7, 11) is 5.94. The molecule has 0 saturated heterocycles. The molecule has 0 aliphatic rings. The van der Waals surface area contributed by atoms with E-state index in [1.54, 1.807) is 0 Å². The van der Waals surface area contributed by atoms with E-state index in [0.717, 1.165) is 77.0 Å². The predicted molar refractivity (Wildman–Crippen MR) is 398 cm³/mol. The Balaban J connectivity index is 3.98. The summed E-state index contributed by atoms with van der Waals surface area (Å²) >= 11 is 0. The second kappa shape index (κ2) is 74.3. The van der Waals surface area contributed by atoms with Crippen LogP contribution in [0.1, 0.15) is 373 Å². The first kappa shape index (κ1) is 89.5. The molecule has 0 amide bonds. The molecule has 0 bridgehead atoms. The minimum Gasteiger partial charge on any atom is -0.545 e. The highest BCUT2D eigenvalue weighted by Crippen LogP contribution is 2.19. The Hall–Kier alpha value is -3.53. The van der Waals surface area contributed by atoms with Crippen molar-refractivity contribution in [1.82, 2.24) is 0 Å². The van der Waals surface area contributed by atoms with Crippen LogP contribution < -0.4 is 5.11 Å². The van der Waals surface area contributed by atoms with Crippen LogP contribution >= 0.6 is 0 Å². The van der Waals surface area contributed by atoms with Crippen LogP contribution in [0.15, 0.2) is 85.1 Å². The zero-order chi connectivity index (χ0) is 67.5. The number of nitrogens with zero attached hydrogens (tertiary/aromatic N) is 1. The van der Waals surface area contributed by atoms with E-state index in [0.29, 0.717) is 23.9 Å². The lowest BCUT2D eigenvalue weighted by molar-refractivity contribution is -0.870. The molecule has 0 aromatic heterocycles. The number of rotatable bonds is 74. The number of quaternary nitrogens is 1. The molecule has 0 saturated carbocycles. The number of likely N-dealkylation sites (N-methyl/N-ethyl adjacent to an activating group) is 1. The van der Waals surface area contributed by atoms with Gasteiger partial charge in [-0.15, -0.1) is 0 Å². The molecule has 0 rings (SSSR count). The number of ether oxygens (including phenoxy) is 4. The molecule has 93 heavy (non-hydrogen) atoms. The van der Waals surface area contributed by atoms with E-state index in [1.807, 2.05) is 21.1 Å². The Morgan fingerprint density at radius 3 is 0.914 bits per heavy atom. The van der Waals surface area contributed by atoms with Gasteiger partial charge < -0.3 is 33.3 Å². The van der Waals surface area contributed by atoms with Crippen molar-refractivity contribution in [1.29, 1.82) is 0 Å². The van der Waals surface area contributed by atoms with E-state index in [9.17, 15) is 19.5 Å². The molecular weight excluding hydrogens is 1150 g/mol. The van der Waals surface area contributed by atoms with Crippen molar-refractivity contribution in [3.05, 3.63) is 85.1 Å². The largest absolute Gasteiger partial charge is 0.545 e. The van der Waals surface area contributed by atoms with Crippen molar-refractivity contribution < 1.29 is 42.9 Å². The molecule has 0 fully saturated rings. The molecule has 0 N–H and O–H groups in total. The molecule has 2 unspecified atom stereocenters. The second-order valence-corrected chi connectivity index (χ2v) is 28.0. The van der Waals surface area contributed by atoms with Gasteiger partial charge in [0.25, 0.3) is 0 Å². The number of hydrogen-bond acceptors (Lipinski definition) is 8. The monoisotopic (exact) mass is 1300 g/mol. The fourth-order valence-corrected chi connectivity index (χ4v) is 11.6. The first-order valence-corrected chi connectivity index (χ1v) is 39.7. The molecule has 540 valence electrons. The third kappa shape index (κ3) is 75.7. The van der Waals surface area contributed by atoms with Gasteiger partial charge >= 0.3 is 11.9 Å². The lowest BCUT2D eigenvalue weighted by atomic mass is 10.0. The van der Waals surface area contributed by atoms with E-state index >= 15 is 0 Å². The van der Waals surface area contributed by atoms with Crippen LogP contribution in [0.4, 0.5) is 0 Å². The molecule has 0 radical (unpaired) electrons. The minimum atomic E-state index is -1.62. The lowest BCUT2D eigenvalue weighted by Gasteiger charge is -2.26. The lowest BCUT2D eigenvalue weighted by Crippen LogP contribution is -2.44. The van der Waals surface area contributed by atoms with Gasteiger partial charge in [-0.3, -0.25) is 9.59 Å². The van der Waals surface area contributed by atoms with Crippen LogP contribution in [0.25, 0.3) is 0 Å². The molecule has 0 aromatic rings. The summed E-state index contributed by atoms with van der Waals surface area (Å²) in [6, 6.07) is 0. The Kier molecular flexibility index (Phi) is 71.4. The SMILES string of the molecule is CC/C=C\C/C=C\C/C=C\C/C=C\C/C=C\CCCCCCCCCCCCCCCC(=O)OC(COC(=O)CCCCCCCCCCCCCCCCCCCCCCCCCCCCC/C=C\C/C=C\CCCCCCC)COC(OCC[N+](C)(C)C)C(=O)[O-]. The summed E-state index contributed by atoms with van der Waals surface area (Å²) in [6.45, 7) is 4.67. The van der Waals surface area contributed by atoms with Crippen LogP contribution in [0.2, 0.25) is 0 Å². The smallest absolute Gasteiger partial charge is 0.306 e. The Morgan fingerprint density at radius 1 is 0.333 bits per heavy atom. The highest BCUT2D eigenvalue weighted by atomic mass is 16.7. The van der Waals surface area contributed by atoms with Gasteiger partial charge in [0.2, 0.25) is 0 Å². The normalized spacial score (nSPS) is 13.1. The van der Waals surface area contributed by atoms with Gasteiger partial charge in [-0.25, -0.2) is 0 Å². The van der Waals surface area contributed by atoms with Crippen molar-refractivity contribution in [3.63, 3.8) is 0 Å². The molecule has 0 aliphatic carbocycles. The number of carbonyl (C=O) groups is 3. The number of carbonyl (C=O) groups excluding carboxylic acids is 3. The maximum Gasteiger partial charge on any atom is 0.306 e. The number of esters is 2. The van der Waals surface area contributed by atoms with Gasteiger partial charge in [-0.1, -0.05) is 356 Å². The predicted octanol–water partition coefficient (Wildman–Crippen LogP) is 24.0. The number of allylic oxidation sites excluding steroid dienone is 14. The Labute approximate surface area is 576 Å². The Morgan fingerprint density at radius 2 is 0.613 bits per heavy atom. The summed E-state index contributed by atoms with van der Waals surface area (Å²) in [5, 5.41) is 11.9. The Bertz CT molecular complexity index is 1810. The fraction of sp³-hybridized carbons (Fsp3) is 0.798. The standard InChI is InChI=1S/C84H151NO8/c1-6-8-10-12-14-16-18-20-22-24-26-28-30-32-34-36-37-38-39-40-41-42-43-44-45-47-48-50-52-54-56-58-60-62-64-66-68-70-72-74-81(86)91-78-80(79-92-84(83(88)89)90-77-76-85(3,4)5)93-82(87)75-73-71-69-67-65-63-61-59-57-55-53-51-49-46-35-33-31-29-27-25-23-21-19-17-15-13-11-9-7-2/h9,11,15,17-18,20-21,23-24,26-27,29,33,35,80,84H,6-8,10,12-14,16,19,22,25,28,30-32,34,36-79H2,1-5H3/b11-9-,17-15-,20-18-,23-21-,26-24-,29-27-,35-33-. The van der Waals surface area contributed by atoms with Gasteiger partial charge in [0.05, 0.1) is 40.3 Å². The summed E-state index contributed by atoms with van der Waals surface area (Å²) in [5.41, 5.74) is 0. The first-order chi connectivity index (χ1) is 45.6. The van der Waals surface area contributed by atoms with Crippen molar-refractivity contribution in [2.45, 2.75) is 386 Å². The first-order valence-electron chi connectivity index (χ1n) is 39.7. The van der Waals surface area contributed by atoms with E-state index in [1.165, 1.54) is 263 Å². The maximum absolute atomic E-state index is 13.0. The average molecular weight is 1300 g/mol. The van der Waals surface area contributed by atoms with Gasteiger partial charge in [0.1, 0.15) is 13.2 Å². The van der Waals surface area contributed by atoms with Crippen molar-refractivity contribution in [3.8, 4) is 0 Å². The molecule has 2 atom stereocenters. The summed E-state index contributed by atoms with van der Waals surface area (Å²) in [5.74, 6) is -2.26. The minimum absolute atomic E-state index is 0.147. The number of carboxylic acids is 1. The number of unbranched alkanes of at least 4 members (excludes halogenated alkanes) is 45. The average Bonchev–Trinajstić information content (AvgIpc) is 3.74. The van der Waals surface area contributed by atoms with E-state index in [-0.39, 0.29) is 32.2 Å². The number of hydrogen-bond donors (Lipinski definition) is 0. The van der Waals surface area contributed by atoms with Gasteiger partial charge in [0, 0.05) is 12.8 Å². The van der Waals surface area contributed by atoms with Crippen LogP contribution in [-0.4, -0.2) is 82.3 Å². The quantitative estimate of drug-likeness (QED) is 0.0195.